The Bertz CT molecular complexity index is 1850. The Labute approximate surface area is 258 Å². The van der Waals surface area contributed by atoms with E-state index in [1.165, 1.54) is 4.68 Å². The minimum absolute atomic E-state index is 0.0152. The van der Waals surface area contributed by atoms with Crippen molar-refractivity contribution in [2.45, 2.75) is 12.3 Å². The van der Waals surface area contributed by atoms with Crippen molar-refractivity contribution in [1.82, 2.24) is 19.7 Å². The van der Waals surface area contributed by atoms with E-state index < -0.39 is 10.5 Å². The second-order valence-corrected chi connectivity index (χ2v) is 12.2. The van der Waals surface area contributed by atoms with Gasteiger partial charge in [-0.05, 0) is 40.8 Å². The molecule has 0 spiro atoms. The minimum Gasteiger partial charge on any atom is -0.375 e. The smallest absolute Gasteiger partial charge is 0.296 e. The van der Waals surface area contributed by atoms with Crippen LogP contribution >= 0.6 is 10.5 Å². The van der Waals surface area contributed by atoms with Gasteiger partial charge in [0.15, 0.2) is 5.69 Å². The highest BCUT2D eigenvalue weighted by Crippen LogP contribution is 2.32. The molecule has 9 nitrogen and oxygen atoms in total. The maximum absolute atomic E-state index is 13.8. The predicted molar refractivity (Wildman–Crippen MR) is 177 cm³/mol. The molecule has 0 saturated carbocycles. The molecule has 2 aromatic carbocycles. The Hall–Kier alpha value is -5.27. The Morgan fingerprint density at radius 2 is 1.75 bits per heavy atom. The van der Waals surface area contributed by atoms with Crippen LogP contribution in [0.4, 0.5) is 17.1 Å². The first-order valence-electron chi connectivity index (χ1n) is 14.3. The number of benzene rings is 2. The van der Waals surface area contributed by atoms with Crippen molar-refractivity contribution in [3.63, 3.8) is 0 Å². The van der Waals surface area contributed by atoms with Gasteiger partial charge in [0.1, 0.15) is 5.69 Å². The molecule has 1 amide bonds. The van der Waals surface area contributed by atoms with E-state index in [4.69, 9.17) is 6.57 Å². The maximum Gasteiger partial charge on any atom is 0.296 e. The molecular weight excluding hydrogens is 570 g/mol. The highest BCUT2D eigenvalue weighted by Gasteiger charge is 2.27. The number of carbonyl (C=O) groups excluding carboxylic acids is 1. The molecule has 0 aliphatic carbocycles. The Morgan fingerprint density at radius 1 is 0.955 bits per heavy atom. The van der Waals surface area contributed by atoms with Crippen LogP contribution in [0.25, 0.3) is 10.5 Å². The highest BCUT2D eigenvalue weighted by atomic mass is 32.2. The third kappa shape index (κ3) is 6.23. The maximum atomic E-state index is 13.8. The van der Waals surface area contributed by atoms with Gasteiger partial charge in [0.25, 0.3) is 11.5 Å². The molecular formula is C34H31N7O2S. The van der Waals surface area contributed by atoms with Gasteiger partial charge in [-0.3, -0.25) is 14.6 Å². The molecule has 2 aliphatic heterocycles. The molecule has 4 heterocycles. The lowest BCUT2D eigenvalue weighted by Crippen LogP contribution is -2.51. The summed E-state index contributed by atoms with van der Waals surface area (Å²) >= 11 is 0. The molecule has 6 rings (SSSR count). The van der Waals surface area contributed by atoms with Crippen molar-refractivity contribution in [2.24, 2.45) is 0 Å². The molecule has 4 aromatic rings. The van der Waals surface area contributed by atoms with Crippen LogP contribution in [0.5, 0.6) is 0 Å². The fourth-order valence-electron chi connectivity index (χ4n) is 5.27. The fourth-order valence-corrected chi connectivity index (χ4v) is 7.13. The first-order chi connectivity index (χ1) is 21.6. The van der Waals surface area contributed by atoms with Crippen molar-refractivity contribution >= 4 is 38.3 Å². The SMILES string of the molecule is [C-]#[N+]c1ccccc1CS1=C(C(=O)N2CCN(c3cnn(-c4ccccc4)c(=O)c3NCc3cccnc3)CC2)C=CC=C1. The molecule has 44 heavy (non-hydrogen) atoms. The molecule has 2 aromatic heterocycles. The molecule has 1 saturated heterocycles. The zero-order valence-corrected chi connectivity index (χ0v) is 24.9. The standard InChI is InChI=1S/C34H31N7O2S/c1-35-29-14-6-5-11-27(29)25-44-21-8-7-15-31(44)33(42)40-19-17-39(18-20-40)30-24-38-41(28-12-3-2-4-13-28)34(43)32(30)37-23-26-10-9-16-36-22-26/h2-16,21-22,24,37H,17-20,23,25H2. The van der Waals surface area contributed by atoms with Crippen molar-refractivity contribution in [2.75, 3.05) is 36.4 Å². The van der Waals surface area contributed by atoms with Crippen LogP contribution in [-0.2, 0) is 17.1 Å². The second kappa shape index (κ2) is 13.4. The minimum atomic E-state index is -0.438. The average Bonchev–Trinajstić information content (AvgIpc) is 3.09. The number of nitrogens with zero attached hydrogens (tertiary/aromatic N) is 6. The first kappa shape index (κ1) is 28.8. The molecule has 1 N–H and O–H groups in total. The van der Waals surface area contributed by atoms with Crippen molar-refractivity contribution < 1.29 is 4.79 Å². The summed E-state index contributed by atoms with van der Waals surface area (Å²) in [5.74, 6) is 0.636. The van der Waals surface area contributed by atoms with Crippen LogP contribution < -0.4 is 15.8 Å². The Balaban J connectivity index is 1.22. The number of para-hydroxylation sites is 2. The third-order valence-corrected chi connectivity index (χ3v) is 9.56. The number of anilines is 2. The van der Waals surface area contributed by atoms with Crippen molar-refractivity contribution in [3.8, 4) is 5.69 Å². The summed E-state index contributed by atoms with van der Waals surface area (Å²) < 4.78 is 1.40. The number of carbonyl (C=O) groups is 1. The molecule has 1 unspecified atom stereocenters. The Kier molecular flexibility index (Phi) is 8.75. The van der Waals surface area contributed by atoms with Gasteiger partial charge in [-0.15, -0.1) is 10.5 Å². The summed E-state index contributed by atoms with van der Waals surface area (Å²) in [5, 5.41) is 9.94. The van der Waals surface area contributed by atoms with Crippen molar-refractivity contribution in [3.05, 3.63) is 142 Å². The van der Waals surface area contributed by atoms with Gasteiger partial charge in [0, 0.05) is 50.9 Å². The first-order valence-corrected chi connectivity index (χ1v) is 15.8. The number of allylic oxidation sites excluding steroid dienone is 2. The van der Waals surface area contributed by atoms with Gasteiger partial charge in [-0.25, -0.2) is 4.85 Å². The number of piperazine rings is 1. The number of nitrogens with one attached hydrogen (secondary N) is 1. The monoisotopic (exact) mass is 601 g/mol. The molecule has 220 valence electrons. The van der Waals surface area contributed by atoms with E-state index in [1.807, 2.05) is 89.9 Å². The number of amides is 1. The Morgan fingerprint density at radius 3 is 2.52 bits per heavy atom. The summed E-state index contributed by atoms with van der Waals surface area (Å²) in [6.07, 6.45) is 11.0. The van der Waals surface area contributed by atoms with Gasteiger partial charge in [-0.1, -0.05) is 60.7 Å². The molecule has 0 bridgehead atoms. The van der Waals surface area contributed by atoms with E-state index in [2.05, 4.69) is 30.6 Å². The predicted octanol–water partition coefficient (Wildman–Crippen LogP) is 5.16. The van der Waals surface area contributed by atoms with Crippen molar-refractivity contribution in [1.29, 1.82) is 0 Å². The van der Waals surface area contributed by atoms with Crippen LogP contribution in [0, 0.1) is 6.57 Å². The van der Waals surface area contributed by atoms with Crippen LogP contribution in [0.3, 0.4) is 0 Å². The lowest BCUT2D eigenvalue weighted by molar-refractivity contribution is -0.124. The summed E-state index contributed by atoms with van der Waals surface area (Å²) in [7, 11) is -0.438. The van der Waals surface area contributed by atoms with Crippen LogP contribution in [0.2, 0.25) is 0 Å². The van der Waals surface area contributed by atoms with Gasteiger partial charge in [-0.2, -0.15) is 9.78 Å². The zero-order valence-electron chi connectivity index (χ0n) is 24.0. The van der Waals surface area contributed by atoms with Gasteiger partial charge < -0.3 is 15.1 Å². The van der Waals surface area contributed by atoms with Crippen LogP contribution in [0.15, 0.2) is 114 Å². The lowest BCUT2D eigenvalue weighted by Gasteiger charge is -2.37. The second-order valence-electron chi connectivity index (χ2n) is 10.3. The van der Waals surface area contributed by atoms with E-state index in [1.54, 1.807) is 18.6 Å². The van der Waals surface area contributed by atoms with Gasteiger partial charge in [0.05, 0.1) is 29.0 Å². The average molecular weight is 602 g/mol. The van der Waals surface area contributed by atoms with E-state index >= 15 is 0 Å². The largest absolute Gasteiger partial charge is 0.375 e. The third-order valence-electron chi connectivity index (χ3n) is 7.58. The van der Waals surface area contributed by atoms with Crippen LogP contribution in [0.1, 0.15) is 11.1 Å². The number of hydrogen-bond acceptors (Lipinski definition) is 6. The summed E-state index contributed by atoms with van der Waals surface area (Å²) in [6.45, 7) is 10.1. The van der Waals surface area contributed by atoms with E-state index in [9.17, 15) is 9.59 Å². The normalized spacial score (nSPS) is 16.1. The quantitative estimate of drug-likeness (QED) is 0.222. The number of aromatic nitrogens is 3. The molecule has 10 heteroatoms. The summed E-state index contributed by atoms with van der Waals surface area (Å²) in [4.78, 5) is 40.2. The van der Waals surface area contributed by atoms with E-state index in [0.717, 1.165) is 16.0 Å². The highest BCUT2D eigenvalue weighted by molar-refractivity contribution is 8.19. The molecule has 1 fully saturated rings. The van der Waals surface area contributed by atoms with E-state index in [0.29, 0.717) is 61.2 Å². The fraction of sp³-hybridized carbons (Fsp3) is 0.176. The number of rotatable bonds is 8. The summed E-state index contributed by atoms with van der Waals surface area (Å²) in [6, 6.07) is 20.8. The van der Waals surface area contributed by atoms with Crippen LogP contribution in [-0.4, -0.2) is 56.6 Å². The van der Waals surface area contributed by atoms with Gasteiger partial charge in [0.2, 0.25) is 0 Å². The number of hydrogen-bond donors (Lipinski definition) is 1. The lowest BCUT2D eigenvalue weighted by atomic mass is 10.2. The number of pyridine rings is 1. The van der Waals surface area contributed by atoms with Gasteiger partial charge >= 0.3 is 0 Å². The van der Waals surface area contributed by atoms with E-state index in [-0.39, 0.29) is 11.5 Å². The molecule has 2 aliphatic rings. The molecule has 1 atom stereocenters. The summed E-state index contributed by atoms with van der Waals surface area (Å²) in [5.41, 5.74) is 4.14. The topological polar surface area (TPSA) is 87.7 Å². The molecule has 0 radical (unpaired) electrons. The zero-order chi connectivity index (χ0) is 30.3.